The number of rotatable bonds is 6. The number of imidazole rings is 1. The van der Waals surface area contributed by atoms with Crippen LogP contribution in [-0.4, -0.2) is 33.0 Å². The van der Waals surface area contributed by atoms with Gasteiger partial charge in [0.15, 0.2) is 0 Å². The fraction of sp³-hybridized carbons (Fsp3) is 0.517. The van der Waals surface area contributed by atoms with E-state index < -0.39 is 11.8 Å². The van der Waals surface area contributed by atoms with Crippen molar-refractivity contribution in [1.82, 2.24) is 9.55 Å². The number of nitrogens with one attached hydrogen (secondary N) is 2. The Morgan fingerprint density at radius 1 is 0.944 bits per heavy atom. The fourth-order valence-corrected chi connectivity index (χ4v) is 5.30. The lowest BCUT2D eigenvalue weighted by atomic mass is 9.92. The number of aromatic nitrogens is 2. The van der Waals surface area contributed by atoms with Crippen LogP contribution in [0.2, 0.25) is 0 Å². The predicted octanol–water partition coefficient (Wildman–Crippen LogP) is 7.34. The molecule has 196 valence electrons. The summed E-state index contributed by atoms with van der Waals surface area (Å²) in [6, 6.07) is 12.1. The molecule has 3 N–H and O–H groups in total. The Balaban J connectivity index is 0.000000201. The SMILES string of the molecule is CCC(CC)c1cccc2c1NCN2C(C)(C)C.CCC(CC)c1cccc2c1[nH]c(=O)n2C(=O)O. The zero-order valence-electron chi connectivity index (χ0n) is 22.8. The van der Waals surface area contributed by atoms with Gasteiger partial charge in [0.2, 0.25) is 0 Å². The quantitative estimate of drug-likeness (QED) is 0.333. The summed E-state index contributed by atoms with van der Waals surface area (Å²) in [5, 5.41) is 12.6. The van der Waals surface area contributed by atoms with Gasteiger partial charge in [-0.15, -0.1) is 0 Å². The van der Waals surface area contributed by atoms with Gasteiger partial charge in [-0.3, -0.25) is 0 Å². The van der Waals surface area contributed by atoms with Crippen molar-refractivity contribution in [3.8, 4) is 0 Å². The van der Waals surface area contributed by atoms with Crippen molar-refractivity contribution < 1.29 is 9.90 Å². The Labute approximate surface area is 214 Å². The van der Waals surface area contributed by atoms with Gasteiger partial charge in [-0.25, -0.2) is 9.59 Å². The van der Waals surface area contributed by atoms with E-state index in [0.717, 1.165) is 29.6 Å². The molecular formula is C29H42N4O3. The molecule has 2 aromatic carbocycles. The van der Waals surface area contributed by atoms with Crippen LogP contribution in [0.4, 0.5) is 16.2 Å². The van der Waals surface area contributed by atoms with Crippen molar-refractivity contribution in [3.63, 3.8) is 0 Å². The minimum atomic E-state index is -1.26. The zero-order chi connectivity index (χ0) is 26.6. The number of hydrogen-bond acceptors (Lipinski definition) is 4. The lowest BCUT2D eigenvalue weighted by molar-refractivity contribution is 0.196. The Hall–Kier alpha value is -3.22. The maximum absolute atomic E-state index is 11.7. The zero-order valence-corrected chi connectivity index (χ0v) is 22.8. The van der Waals surface area contributed by atoms with Crippen LogP contribution < -0.4 is 15.9 Å². The standard InChI is InChI=1S/C16H26N2.C13H16N2O3/c1-6-12(7-2)13-9-8-10-14-15(13)17-11-18(14)16(3,4)5;1-3-8(4-2)9-6-5-7-10-11(9)14-12(16)15(10)13(17)18/h8-10,12,17H,6-7,11H2,1-5H3;5-8H,3-4H2,1-2H3,(H,14,16)(H,17,18). The van der Waals surface area contributed by atoms with Crippen molar-refractivity contribution in [2.24, 2.45) is 0 Å². The minimum absolute atomic E-state index is 0.171. The van der Waals surface area contributed by atoms with E-state index in [-0.39, 0.29) is 5.54 Å². The van der Waals surface area contributed by atoms with Crippen molar-refractivity contribution in [2.45, 2.75) is 91.5 Å². The summed E-state index contributed by atoms with van der Waals surface area (Å²) in [5.74, 6) is 1.00. The molecule has 1 aliphatic rings. The molecule has 4 rings (SSSR count). The first kappa shape index (κ1) is 27.4. The first-order valence-electron chi connectivity index (χ1n) is 13.2. The molecule has 7 heteroatoms. The summed E-state index contributed by atoms with van der Waals surface area (Å²) in [7, 11) is 0. The van der Waals surface area contributed by atoms with Crippen LogP contribution in [0.1, 0.15) is 97.1 Å². The molecule has 0 aliphatic carbocycles. The first-order valence-corrected chi connectivity index (χ1v) is 13.2. The number of anilines is 2. The van der Waals surface area contributed by atoms with Crippen LogP contribution in [0, 0.1) is 0 Å². The number of aromatic amines is 1. The summed E-state index contributed by atoms with van der Waals surface area (Å²) in [4.78, 5) is 27.8. The molecule has 0 unspecified atom stereocenters. The second-order valence-corrected chi connectivity index (χ2v) is 10.5. The number of carbonyl (C=O) groups is 1. The van der Waals surface area contributed by atoms with Gasteiger partial charge >= 0.3 is 11.8 Å². The topological polar surface area (TPSA) is 90.4 Å². The van der Waals surface area contributed by atoms with Crippen LogP contribution in [0.25, 0.3) is 11.0 Å². The van der Waals surface area contributed by atoms with Crippen LogP contribution in [0.3, 0.4) is 0 Å². The third-order valence-corrected chi connectivity index (χ3v) is 7.38. The van der Waals surface area contributed by atoms with Crippen LogP contribution in [0.15, 0.2) is 41.2 Å². The highest BCUT2D eigenvalue weighted by molar-refractivity contribution is 5.87. The summed E-state index contributed by atoms with van der Waals surface area (Å²) in [6.07, 6.45) is 3.08. The average Bonchev–Trinajstić information content (AvgIpc) is 3.42. The number of hydrogen-bond donors (Lipinski definition) is 3. The van der Waals surface area contributed by atoms with Crippen molar-refractivity contribution >= 4 is 28.5 Å². The summed E-state index contributed by atoms with van der Waals surface area (Å²) >= 11 is 0. The highest BCUT2D eigenvalue weighted by atomic mass is 16.4. The monoisotopic (exact) mass is 494 g/mol. The van der Waals surface area contributed by atoms with Crippen molar-refractivity contribution in [3.05, 3.63) is 58.0 Å². The average molecular weight is 495 g/mol. The van der Waals surface area contributed by atoms with Crippen molar-refractivity contribution in [2.75, 3.05) is 16.9 Å². The molecule has 0 amide bonds. The van der Waals surface area contributed by atoms with E-state index in [4.69, 9.17) is 5.11 Å². The van der Waals surface area contributed by atoms with Crippen LogP contribution >= 0.6 is 0 Å². The number of H-pyrrole nitrogens is 1. The maximum Gasteiger partial charge on any atom is 0.420 e. The molecular weight excluding hydrogens is 452 g/mol. The molecule has 7 nitrogen and oxygen atoms in total. The Kier molecular flexibility index (Phi) is 8.54. The number of para-hydroxylation sites is 2. The van der Waals surface area contributed by atoms with Gasteiger partial charge in [-0.2, -0.15) is 4.57 Å². The molecule has 0 radical (unpaired) electrons. The van der Waals surface area contributed by atoms with E-state index in [1.165, 1.54) is 29.8 Å². The summed E-state index contributed by atoms with van der Waals surface area (Å²) < 4.78 is 0.751. The van der Waals surface area contributed by atoms with Gasteiger partial charge in [-0.05, 0) is 81.5 Å². The number of benzene rings is 2. The van der Waals surface area contributed by atoms with Gasteiger partial charge < -0.3 is 20.3 Å². The highest BCUT2D eigenvalue weighted by Crippen LogP contribution is 2.42. The molecule has 0 fully saturated rings. The van der Waals surface area contributed by atoms with Gasteiger partial charge in [0.1, 0.15) is 0 Å². The number of carboxylic acid groups (broad SMARTS) is 1. The van der Waals surface area contributed by atoms with Gasteiger partial charge in [0, 0.05) is 5.54 Å². The van der Waals surface area contributed by atoms with E-state index in [0.29, 0.717) is 22.9 Å². The Bertz CT molecular complexity index is 1240. The first-order chi connectivity index (χ1) is 17.1. The van der Waals surface area contributed by atoms with E-state index in [1.807, 2.05) is 6.07 Å². The lowest BCUT2D eigenvalue weighted by Crippen LogP contribution is -2.41. The van der Waals surface area contributed by atoms with Crippen LogP contribution in [-0.2, 0) is 0 Å². The van der Waals surface area contributed by atoms with Gasteiger partial charge in [0.25, 0.3) is 0 Å². The molecule has 0 saturated heterocycles. The maximum atomic E-state index is 11.7. The molecule has 1 aromatic heterocycles. The molecule has 0 spiro atoms. The minimum Gasteiger partial charge on any atom is -0.464 e. The van der Waals surface area contributed by atoms with Crippen molar-refractivity contribution in [1.29, 1.82) is 0 Å². The number of fused-ring (bicyclic) bond motifs is 2. The highest BCUT2D eigenvalue weighted by Gasteiger charge is 2.30. The van der Waals surface area contributed by atoms with E-state index in [2.05, 4.69) is 81.9 Å². The molecule has 0 atom stereocenters. The normalized spacial score (nSPS) is 13.1. The molecule has 2 heterocycles. The smallest absolute Gasteiger partial charge is 0.420 e. The second-order valence-electron chi connectivity index (χ2n) is 10.5. The fourth-order valence-electron chi connectivity index (χ4n) is 5.30. The second kappa shape index (κ2) is 11.2. The molecule has 36 heavy (non-hydrogen) atoms. The van der Waals surface area contributed by atoms with E-state index >= 15 is 0 Å². The molecule has 0 saturated carbocycles. The third kappa shape index (κ3) is 5.30. The third-order valence-electron chi connectivity index (χ3n) is 7.38. The Morgan fingerprint density at radius 2 is 1.50 bits per heavy atom. The predicted molar refractivity (Wildman–Crippen MR) is 150 cm³/mol. The molecule has 3 aromatic rings. The van der Waals surface area contributed by atoms with Crippen LogP contribution in [0.5, 0.6) is 0 Å². The molecule has 1 aliphatic heterocycles. The molecule has 0 bridgehead atoms. The largest absolute Gasteiger partial charge is 0.464 e. The van der Waals surface area contributed by atoms with E-state index in [9.17, 15) is 9.59 Å². The summed E-state index contributed by atoms with van der Waals surface area (Å²) in [5.41, 5.74) is 5.86. The summed E-state index contributed by atoms with van der Waals surface area (Å²) in [6.45, 7) is 16.5. The van der Waals surface area contributed by atoms with Gasteiger partial charge in [-0.1, -0.05) is 52.0 Å². The van der Waals surface area contributed by atoms with Gasteiger partial charge in [0.05, 0.1) is 29.1 Å². The van der Waals surface area contributed by atoms with E-state index in [1.54, 1.807) is 12.1 Å². The lowest BCUT2D eigenvalue weighted by Gasteiger charge is -2.33. The number of nitrogens with zero attached hydrogens (tertiary/aromatic N) is 2. The Morgan fingerprint density at radius 3 is 2.06 bits per heavy atom.